The van der Waals surface area contributed by atoms with Crippen LogP contribution in [0.3, 0.4) is 0 Å². The summed E-state index contributed by atoms with van der Waals surface area (Å²) in [5, 5.41) is 17.8. The number of ketones is 1. The highest BCUT2D eigenvalue weighted by Crippen LogP contribution is 2.26. The van der Waals surface area contributed by atoms with E-state index in [1.165, 1.54) is 12.1 Å². The van der Waals surface area contributed by atoms with E-state index in [2.05, 4.69) is 25.9 Å². The van der Waals surface area contributed by atoms with Crippen molar-refractivity contribution in [2.75, 3.05) is 18.4 Å². The fraction of sp³-hybridized carbons (Fsp3) is 0.208. The summed E-state index contributed by atoms with van der Waals surface area (Å²) < 4.78 is 0. The molecule has 0 saturated heterocycles. The molecule has 0 aliphatic carbocycles. The molecular weight excluding hydrogens is 509 g/mol. The van der Waals surface area contributed by atoms with E-state index in [9.17, 15) is 24.3 Å². The molecule has 3 aromatic rings. The van der Waals surface area contributed by atoms with Gasteiger partial charge in [0.05, 0.1) is 28.1 Å². The molecule has 2 aromatic carbocycles. The summed E-state index contributed by atoms with van der Waals surface area (Å²) in [6.45, 7) is -0.564. The number of nitrogens with one attached hydrogen (secondary N) is 4. The number of aliphatic carboxylic acids is 1. The van der Waals surface area contributed by atoms with Gasteiger partial charge in [0.2, 0.25) is 11.9 Å². The first-order chi connectivity index (χ1) is 17.2. The van der Waals surface area contributed by atoms with Gasteiger partial charge in [-0.1, -0.05) is 35.3 Å². The largest absolute Gasteiger partial charge is 0.481 e. The Labute approximate surface area is 216 Å². The van der Waals surface area contributed by atoms with Crippen LogP contribution >= 0.6 is 23.2 Å². The quantitative estimate of drug-likeness (QED) is 0.223. The van der Waals surface area contributed by atoms with Crippen LogP contribution in [-0.4, -0.2) is 51.7 Å². The number of anilines is 2. The number of carboxylic acids is 1. The van der Waals surface area contributed by atoms with Crippen molar-refractivity contribution in [3.63, 3.8) is 0 Å². The number of nitrogens with zero attached hydrogens (tertiary/aromatic N) is 1. The smallest absolute Gasteiger partial charge is 0.308 e. The fourth-order valence-electron chi connectivity index (χ4n) is 3.28. The zero-order valence-electron chi connectivity index (χ0n) is 18.9. The molecule has 0 radical (unpaired) electrons. The molecule has 0 aliphatic heterocycles. The normalized spacial score (nSPS) is 11.4. The Balaban J connectivity index is 1.46. The zero-order chi connectivity index (χ0) is 26.1. The molecular formula is C24H23Cl2N5O5. The van der Waals surface area contributed by atoms with Crippen LogP contribution < -0.4 is 16.0 Å². The molecule has 5 N–H and O–H groups in total. The van der Waals surface area contributed by atoms with Crippen molar-refractivity contribution in [1.82, 2.24) is 20.6 Å². The Hall–Kier alpha value is -3.89. The average molecular weight is 532 g/mol. The fourth-order valence-corrected chi connectivity index (χ4v) is 3.89. The van der Waals surface area contributed by atoms with Gasteiger partial charge in [-0.25, -0.2) is 4.98 Å². The summed E-state index contributed by atoms with van der Waals surface area (Å²) in [5.74, 6) is -3.11. The molecule has 1 atom stereocenters. The number of benzene rings is 2. The molecule has 3 rings (SSSR count). The lowest BCUT2D eigenvalue weighted by molar-refractivity contribution is -0.141. The third-order valence-electron chi connectivity index (χ3n) is 5.15. The lowest BCUT2D eigenvalue weighted by Gasteiger charge is -2.14. The van der Waals surface area contributed by atoms with Crippen molar-refractivity contribution in [2.24, 2.45) is 5.92 Å². The van der Waals surface area contributed by atoms with E-state index in [4.69, 9.17) is 23.2 Å². The topological polar surface area (TPSA) is 153 Å². The third-order valence-corrected chi connectivity index (χ3v) is 5.78. The number of carboxylic acid groups (broad SMARTS) is 1. The molecule has 0 bridgehead atoms. The summed E-state index contributed by atoms with van der Waals surface area (Å²) in [4.78, 5) is 55.6. The van der Waals surface area contributed by atoms with Crippen molar-refractivity contribution < 1.29 is 24.3 Å². The maximum Gasteiger partial charge on any atom is 0.308 e. The molecule has 10 nitrogen and oxygen atoms in total. The minimum Gasteiger partial charge on any atom is -0.481 e. The highest BCUT2D eigenvalue weighted by atomic mass is 35.5. The monoisotopic (exact) mass is 531 g/mol. The van der Waals surface area contributed by atoms with Gasteiger partial charge in [0.1, 0.15) is 0 Å². The number of amides is 2. The van der Waals surface area contributed by atoms with E-state index in [0.717, 1.165) is 0 Å². The Kier molecular flexibility index (Phi) is 9.43. The summed E-state index contributed by atoms with van der Waals surface area (Å²) in [7, 11) is 0. The van der Waals surface area contributed by atoms with E-state index in [1.54, 1.807) is 42.7 Å². The van der Waals surface area contributed by atoms with Crippen molar-refractivity contribution in [3.05, 3.63) is 76.0 Å². The molecule has 1 aromatic heterocycles. The van der Waals surface area contributed by atoms with Crippen molar-refractivity contribution >= 4 is 58.4 Å². The number of carbonyl (C=O) groups is 4. The van der Waals surface area contributed by atoms with Crippen LogP contribution in [0, 0.1) is 5.92 Å². The minimum absolute atomic E-state index is 0.0299. The molecule has 0 spiro atoms. The molecule has 1 heterocycles. The van der Waals surface area contributed by atoms with Gasteiger partial charge < -0.3 is 26.0 Å². The SMILES string of the molecule is O=C(CNC(=O)c1cccc(Nc2ncc[nH]2)c1)NC[C@H](CCC(=O)c1c(Cl)cccc1Cl)C(=O)O. The number of imidazole rings is 1. The maximum absolute atomic E-state index is 12.5. The number of hydrogen-bond acceptors (Lipinski definition) is 6. The van der Waals surface area contributed by atoms with Gasteiger partial charge in [0, 0.05) is 36.6 Å². The van der Waals surface area contributed by atoms with Gasteiger partial charge in [-0.15, -0.1) is 0 Å². The van der Waals surface area contributed by atoms with Crippen LogP contribution in [0.15, 0.2) is 54.9 Å². The number of hydrogen-bond donors (Lipinski definition) is 5. The van der Waals surface area contributed by atoms with Gasteiger partial charge in [-0.3, -0.25) is 19.2 Å². The Morgan fingerprint density at radius 3 is 2.42 bits per heavy atom. The highest BCUT2D eigenvalue weighted by Gasteiger charge is 2.22. The van der Waals surface area contributed by atoms with Gasteiger partial charge in [-0.2, -0.15) is 0 Å². The lowest BCUT2D eigenvalue weighted by atomic mass is 9.98. The number of aromatic nitrogens is 2. The van der Waals surface area contributed by atoms with E-state index >= 15 is 0 Å². The van der Waals surface area contributed by atoms with Crippen LogP contribution in [0.2, 0.25) is 10.0 Å². The molecule has 188 valence electrons. The molecule has 2 amide bonds. The zero-order valence-corrected chi connectivity index (χ0v) is 20.4. The molecule has 36 heavy (non-hydrogen) atoms. The number of halogens is 2. The summed E-state index contributed by atoms with van der Waals surface area (Å²) in [5.41, 5.74) is 1.08. The highest BCUT2D eigenvalue weighted by molar-refractivity contribution is 6.39. The number of H-pyrrole nitrogens is 1. The van der Waals surface area contributed by atoms with Crippen LogP contribution in [0.4, 0.5) is 11.6 Å². The summed E-state index contributed by atoms with van der Waals surface area (Å²) >= 11 is 12.1. The number of carbonyl (C=O) groups excluding carboxylic acids is 3. The first-order valence-corrected chi connectivity index (χ1v) is 11.6. The molecule has 12 heteroatoms. The second-order valence-electron chi connectivity index (χ2n) is 7.72. The lowest BCUT2D eigenvalue weighted by Crippen LogP contribution is -2.40. The predicted octanol–water partition coefficient (Wildman–Crippen LogP) is 3.67. The summed E-state index contributed by atoms with van der Waals surface area (Å²) in [6.07, 6.45) is 3.09. The average Bonchev–Trinajstić information content (AvgIpc) is 3.35. The van der Waals surface area contributed by atoms with Crippen molar-refractivity contribution in [3.8, 4) is 0 Å². The Morgan fingerprint density at radius 1 is 1.03 bits per heavy atom. The van der Waals surface area contributed by atoms with E-state index in [-0.39, 0.29) is 47.3 Å². The van der Waals surface area contributed by atoms with Crippen LogP contribution in [0.25, 0.3) is 0 Å². The first-order valence-electron chi connectivity index (χ1n) is 10.9. The van der Waals surface area contributed by atoms with Gasteiger partial charge in [0.25, 0.3) is 5.91 Å². The number of aromatic amines is 1. The van der Waals surface area contributed by atoms with Crippen molar-refractivity contribution in [1.29, 1.82) is 0 Å². The molecule has 0 aliphatic rings. The van der Waals surface area contributed by atoms with Gasteiger partial charge in [0.15, 0.2) is 5.78 Å². The predicted molar refractivity (Wildman–Crippen MR) is 135 cm³/mol. The van der Waals surface area contributed by atoms with Gasteiger partial charge >= 0.3 is 5.97 Å². The van der Waals surface area contributed by atoms with Crippen LogP contribution in [0.1, 0.15) is 33.6 Å². The van der Waals surface area contributed by atoms with Crippen molar-refractivity contribution in [2.45, 2.75) is 12.8 Å². The third kappa shape index (κ3) is 7.56. The molecule has 0 fully saturated rings. The molecule has 0 saturated carbocycles. The number of Topliss-reactive ketones (excluding diaryl/α,β-unsaturated/α-hetero) is 1. The molecule has 0 unspecified atom stereocenters. The standard InChI is InChI=1S/C24H23Cl2N5O5/c25-17-5-2-6-18(26)21(17)19(32)8-7-15(23(35)36)12-29-20(33)13-30-22(34)14-3-1-4-16(11-14)31-24-27-9-10-28-24/h1-6,9-11,15H,7-8,12-13H2,(H,29,33)(H,30,34)(H,35,36)(H2,27,28,31)/t15-/m0/s1. The second kappa shape index (κ2) is 12.7. The van der Waals surface area contributed by atoms with E-state index < -0.39 is 23.7 Å². The second-order valence-corrected chi connectivity index (χ2v) is 8.54. The Bertz CT molecular complexity index is 1230. The summed E-state index contributed by atoms with van der Waals surface area (Å²) in [6, 6.07) is 11.3. The van der Waals surface area contributed by atoms with Crippen LogP contribution in [-0.2, 0) is 9.59 Å². The van der Waals surface area contributed by atoms with Crippen LogP contribution in [0.5, 0.6) is 0 Å². The Morgan fingerprint density at radius 2 is 1.75 bits per heavy atom. The minimum atomic E-state index is -1.17. The van der Waals surface area contributed by atoms with Gasteiger partial charge in [-0.05, 0) is 36.8 Å². The van der Waals surface area contributed by atoms with E-state index in [1.807, 2.05) is 0 Å². The maximum atomic E-state index is 12.5. The number of rotatable bonds is 12. The first kappa shape index (κ1) is 26.7. The van der Waals surface area contributed by atoms with E-state index in [0.29, 0.717) is 17.2 Å².